The van der Waals surface area contributed by atoms with Crippen LogP contribution in [-0.2, 0) is 22.0 Å². The maximum Gasteiger partial charge on any atom is 0.280 e. The minimum absolute atomic E-state index is 0.0510. The van der Waals surface area contributed by atoms with Crippen LogP contribution in [0.25, 0.3) is 0 Å². The molecule has 0 aromatic carbocycles. The maximum absolute atomic E-state index is 11.2. The van der Waals surface area contributed by atoms with Crippen molar-refractivity contribution in [2.75, 3.05) is 0 Å². The topological polar surface area (TPSA) is 52.0 Å². The lowest BCUT2D eigenvalue weighted by Crippen LogP contribution is -2.11. The molecular formula is C11H19ClN2O2S. The first-order valence-corrected chi connectivity index (χ1v) is 7.95. The molecule has 0 unspecified atom stereocenters. The molecule has 98 valence electrons. The predicted molar refractivity (Wildman–Crippen MR) is 68.7 cm³/mol. The van der Waals surface area contributed by atoms with Crippen molar-refractivity contribution in [3.05, 3.63) is 12.0 Å². The molecule has 0 atom stereocenters. The van der Waals surface area contributed by atoms with Crippen molar-refractivity contribution in [3.63, 3.8) is 0 Å². The van der Waals surface area contributed by atoms with E-state index in [0.29, 0.717) is 6.42 Å². The van der Waals surface area contributed by atoms with Gasteiger partial charge in [-0.15, -0.1) is 0 Å². The molecule has 0 aliphatic rings. The summed E-state index contributed by atoms with van der Waals surface area (Å²) in [6, 6.07) is 0. The summed E-state index contributed by atoms with van der Waals surface area (Å²) in [4.78, 5) is 4.04. The van der Waals surface area contributed by atoms with Crippen LogP contribution in [0.5, 0.6) is 0 Å². The summed E-state index contributed by atoms with van der Waals surface area (Å²) in [5.41, 5.74) is 0.204. The van der Waals surface area contributed by atoms with Gasteiger partial charge in [0.25, 0.3) is 9.05 Å². The summed E-state index contributed by atoms with van der Waals surface area (Å²) in [7, 11) is 1.56. The number of nitrogens with zero attached hydrogens (tertiary/aromatic N) is 2. The molecule has 0 radical (unpaired) electrons. The van der Waals surface area contributed by atoms with Gasteiger partial charge in [-0.1, -0.05) is 27.7 Å². The summed E-state index contributed by atoms with van der Waals surface area (Å²) >= 11 is 0. The Balaban J connectivity index is 2.96. The first kappa shape index (κ1) is 14.5. The van der Waals surface area contributed by atoms with Crippen LogP contribution in [0.2, 0.25) is 0 Å². The molecule has 0 fully saturated rings. The number of imidazole rings is 1. The molecule has 0 saturated heterocycles. The average molecular weight is 279 g/mol. The number of aryl methyl sites for hydroxylation is 2. The van der Waals surface area contributed by atoms with Gasteiger partial charge in [0, 0.05) is 29.8 Å². The summed E-state index contributed by atoms with van der Waals surface area (Å²) in [6.07, 6.45) is 3.17. The lowest BCUT2D eigenvalue weighted by Gasteiger charge is -2.18. The third-order valence-electron chi connectivity index (χ3n) is 2.51. The summed E-state index contributed by atoms with van der Waals surface area (Å²) in [5, 5.41) is -0.0510. The van der Waals surface area contributed by atoms with Gasteiger partial charge < -0.3 is 4.57 Å². The number of hydrogen-bond donors (Lipinski definition) is 0. The monoisotopic (exact) mass is 278 g/mol. The van der Waals surface area contributed by atoms with Crippen molar-refractivity contribution in [1.82, 2.24) is 9.55 Å². The SMILES string of the molecule is CCc1nc(S(=O)(=O)Cl)cn1CCC(C)(C)C. The fourth-order valence-electron chi connectivity index (χ4n) is 1.48. The molecule has 0 saturated carbocycles. The molecular weight excluding hydrogens is 260 g/mol. The van der Waals surface area contributed by atoms with E-state index in [-0.39, 0.29) is 10.4 Å². The van der Waals surface area contributed by atoms with Gasteiger partial charge in [-0.05, 0) is 11.8 Å². The average Bonchev–Trinajstić information content (AvgIpc) is 2.55. The smallest absolute Gasteiger partial charge is 0.280 e. The second kappa shape index (κ2) is 4.98. The van der Waals surface area contributed by atoms with Crippen LogP contribution >= 0.6 is 10.7 Å². The van der Waals surface area contributed by atoms with Gasteiger partial charge in [0.1, 0.15) is 5.82 Å². The second-order valence-electron chi connectivity index (χ2n) is 5.29. The van der Waals surface area contributed by atoms with E-state index in [0.717, 1.165) is 18.8 Å². The van der Waals surface area contributed by atoms with Crippen LogP contribution in [-0.4, -0.2) is 18.0 Å². The van der Waals surface area contributed by atoms with E-state index in [1.807, 2.05) is 11.5 Å². The van der Waals surface area contributed by atoms with Gasteiger partial charge in [-0.3, -0.25) is 0 Å². The van der Waals surface area contributed by atoms with Crippen molar-refractivity contribution in [2.45, 2.75) is 52.1 Å². The van der Waals surface area contributed by atoms with E-state index >= 15 is 0 Å². The van der Waals surface area contributed by atoms with E-state index in [1.165, 1.54) is 6.20 Å². The molecule has 1 heterocycles. The molecule has 0 aliphatic heterocycles. The van der Waals surface area contributed by atoms with Crippen molar-refractivity contribution in [3.8, 4) is 0 Å². The minimum Gasteiger partial charge on any atom is -0.333 e. The summed E-state index contributed by atoms with van der Waals surface area (Å²) in [5.74, 6) is 0.758. The molecule has 1 aromatic rings. The summed E-state index contributed by atoms with van der Waals surface area (Å²) in [6.45, 7) is 9.14. The van der Waals surface area contributed by atoms with Crippen LogP contribution in [0.15, 0.2) is 11.2 Å². The Bertz CT molecular complexity index is 486. The van der Waals surface area contributed by atoms with Crippen LogP contribution in [0.1, 0.15) is 39.9 Å². The quantitative estimate of drug-likeness (QED) is 0.796. The first-order valence-electron chi connectivity index (χ1n) is 5.64. The van der Waals surface area contributed by atoms with Crippen molar-refractivity contribution in [2.24, 2.45) is 5.41 Å². The number of halogens is 1. The van der Waals surface area contributed by atoms with Crippen LogP contribution in [0.4, 0.5) is 0 Å². The highest BCUT2D eigenvalue weighted by atomic mass is 35.7. The minimum atomic E-state index is -3.73. The van der Waals surface area contributed by atoms with E-state index in [9.17, 15) is 8.42 Å². The van der Waals surface area contributed by atoms with Crippen molar-refractivity contribution in [1.29, 1.82) is 0 Å². The second-order valence-corrected chi connectivity index (χ2v) is 7.80. The van der Waals surface area contributed by atoms with Crippen LogP contribution < -0.4 is 0 Å². The zero-order valence-electron chi connectivity index (χ0n) is 10.7. The fourth-order valence-corrected chi connectivity index (χ4v) is 2.17. The standard InChI is InChI=1S/C11H19ClN2O2S/c1-5-9-13-10(17(12,15)16)8-14(9)7-6-11(2,3)4/h8H,5-7H2,1-4H3. The molecule has 6 heteroatoms. The molecule has 17 heavy (non-hydrogen) atoms. The van der Waals surface area contributed by atoms with Crippen molar-refractivity contribution < 1.29 is 8.42 Å². The first-order chi connectivity index (χ1) is 7.63. The van der Waals surface area contributed by atoms with Gasteiger partial charge in [0.15, 0.2) is 5.03 Å². The Morgan fingerprint density at radius 1 is 1.41 bits per heavy atom. The predicted octanol–water partition coefficient (Wildman–Crippen LogP) is 2.81. The Morgan fingerprint density at radius 3 is 2.41 bits per heavy atom. The van der Waals surface area contributed by atoms with E-state index < -0.39 is 9.05 Å². The van der Waals surface area contributed by atoms with E-state index in [2.05, 4.69) is 25.8 Å². The lowest BCUT2D eigenvalue weighted by atomic mass is 9.92. The van der Waals surface area contributed by atoms with E-state index in [1.54, 1.807) is 0 Å². The van der Waals surface area contributed by atoms with Crippen molar-refractivity contribution >= 4 is 19.7 Å². The molecule has 0 spiro atoms. The lowest BCUT2D eigenvalue weighted by molar-refractivity contribution is 0.347. The maximum atomic E-state index is 11.2. The molecule has 0 N–H and O–H groups in total. The summed E-state index contributed by atoms with van der Waals surface area (Å²) < 4.78 is 24.3. The Hall–Kier alpha value is -0.550. The number of hydrogen-bond acceptors (Lipinski definition) is 3. The Morgan fingerprint density at radius 2 is 2.00 bits per heavy atom. The van der Waals surface area contributed by atoms with E-state index in [4.69, 9.17) is 10.7 Å². The molecule has 1 aromatic heterocycles. The van der Waals surface area contributed by atoms with Crippen LogP contribution in [0, 0.1) is 5.41 Å². The van der Waals surface area contributed by atoms with Gasteiger partial charge in [-0.25, -0.2) is 13.4 Å². The van der Waals surface area contributed by atoms with Gasteiger partial charge in [0.2, 0.25) is 0 Å². The van der Waals surface area contributed by atoms with Gasteiger partial charge in [-0.2, -0.15) is 0 Å². The van der Waals surface area contributed by atoms with Gasteiger partial charge in [0.05, 0.1) is 0 Å². The normalized spacial score (nSPS) is 13.0. The molecule has 0 aliphatic carbocycles. The highest BCUT2D eigenvalue weighted by Gasteiger charge is 2.18. The third-order valence-corrected chi connectivity index (χ3v) is 3.68. The molecule has 0 bridgehead atoms. The zero-order valence-corrected chi connectivity index (χ0v) is 12.3. The molecule has 1 rings (SSSR count). The molecule has 0 amide bonds. The highest BCUT2D eigenvalue weighted by Crippen LogP contribution is 2.21. The Kier molecular flexibility index (Phi) is 4.25. The Labute approximate surface area is 107 Å². The number of rotatable bonds is 4. The largest absolute Gasteiger partial charge is 0.333 e. The van der Waals surface area contributed by atoms with Gasteiger partial charge >= 0.3 is 0 Å². The highest BCUT2D eigenvalue weighted by molar-refractivity contribution is 8.13. The zero-order chi connectivity index (χ0) is 13.3. The molecule has 4 nitrogen and oxygen atoms in total. The number of aromatic nitrogens is 2. The third kappa shape index (κ3) is 4.32. The van der Waals surface area contributed by atoms with Crippen LogP contribution in [0.3, 0.4) is 0 Å². The fraction of sp³-hybridized carbons (Fsp3) is 0.727.